The number of aliphatic hydroxyl groups is 1. The molecule has 2 aliphatic rings. The summed E-state index contributed by atoms with van der Waals surface area (Å²) in [6.07, 6.45) is 1.46. The van der Waals surface area contributed by atoms with Crippen molar-refractivity contribution in [3.63, 3.8) is 0 Å². The van der Waals surface area contributed by atoms with Crippen molar-refractivity contribution in [1.82, 2.24) is 10.3 Å². The van der Waals surface area contributed by atoms with Crippen LogP contribution in [0.5, 0.6) is 0 Å². The van der Waals surface area contributed by atoms with Crippen LogP contribution in [-0.4, -0.2) is 66.5 Å². The van der Waals surface area contributed by atoms with Crippen LogP contribution < -0.4 is 5.32 Å². The first-order chi connectivity index (χ1) is 16.3. The van der Waals surface area contributed by atoms with Gasteiger partial charge in [0.25, 0.3) is 11.7 Å². The molecule has 5 N–H and O–H groups in total. The molecule has 0 radical (unpaired) electrons. The Bertz CT molecular complexity index is 1190. The van der Waals surface area contributed by atoms with Gasteiger partial charge in [-0.1, -0.05) is 43.3 Å². The number of benzene rings is 1. The van der Waals surface area contributed by atoms with E-state index in [-0.39, 0.29) is 18.8 Å². The number of fused-ring (bicyclic) bond motifs is 1. The lowest BCUT2D eigenvalue weighted by atomic mass is 9.83. The number of ether oxygens (including phenoxy) is 1. The molecule has 190 valence electrons. The summed E-state index contributed by atoms with van der Waals surface area (Å²) in [4.78, 5) is 56.4. The quantitative estimate of drug-likeness (QED) is 0.284. The fourth-order valence-corrected chi connectivity index (χ4v) is 3.82. The topological polar surface area (TPSA) is 188 Å². The van der Waals surface area contributed by atoms with Gasteiger partial charge in [-0.2, -0.15) is 0 Å². The molecule has 0 unspecified atom stereocenters. The zero-order valence-electron chi connectivity index (χ0n) is 18.8. The van der Waals surface area contributed by atoms with Crippen LogP contribution >= 0.6 is 7.82 Å². The predicted octanol–water partition coefficient (Wildman–Crippen LogP) is 0.915. The van der Waals surface area contributed by atoms with Crippen LogP contribution in [-0.2, 0) is 23.7 Å². The first kappa shape index (κ1) is 26.6. The zero-order chi connectivity index (χ0) is 26.0. The van der Waals surface area contributed by atoms with Crippen molar-refractivity contribution in [2.75, 3.05) is 6.67 Å². The van der Waals surface area contributed by atoms with E-state index in [1.807, 2.05) is 30.3 Å². The van der Waals surface area contributed by atoms with Gasteiger partial charge in [0.05, 0.1) is 12.1 Å². The van der Waals surface area contributed by atoms with Crippen molar-refractivity contribution in [3.05, 3.63) is 42.2 Å². The number of esters is 1. The molecule has 35 heavy (non-hydrogen) atoms. The fourth-order valence-electron chi connectivity index (χ4n) is 3.82. The molecule has 1 amide bonds. The molecule has 2 aliphatic heterocycles. The number of carbonyl (C=O) groups is 2. The molecule has 0 spiro atoms. The molecule has 1 aromatic carbocycles. The van der Waals surface area contributed by atoms with Gasteiger partial charge in [-0.3, -0.25) is 14.6 Å². The second kappa shape index (κ2) is 9.96. The molecular weight excluding hydrogens is 488 g/mol. The number of carbonyl (C=O) groups excluding carboxylic acids is 2. The summed E-state index contributed by atoms with van der Waals surface area (Å²) in [6, 6.07) is 8.34. The Morgan fingerprint density at radius 2 is 1.94 bits per heavy atom. The van der Waals surface area contributed by atoms with E-state index in [1.54, 1.807) is 20.0 Å². The lowest BCUT2D eigenvalue weighted by molar-refractivity contribution is -0.202. The van der Waals surface area contributed by atoms with Crippen molar-refractivity contribution >= 4 is 36.2 Å². The molecule has 3 atom stereocenters. The molecule has 2 aromatic rings. The number of nitrogens with zero attached hydrogens (tertiary/aromatic N) is 2. The second-order valence-corrected chi connectivity index (χ2v) is 9.45. The number of oxime groups is 1. The smallest absolute Gasteiger partial charge is 0.428 e. The first-order valence-electron chi connectivity index (χ1n) is 10.5. The lowest BCUT2D eigenvalue weighted by Crippen LogP contribution is -2.58. The van der Waals surface area contributed by atoms with Crippen LogP contribution in [0.3, 0.4) is 0 Å². The Labute approximate surface area is 199 Å². The van der Waals surface area contributed by atoms with Gasteiger partial charge < -0.3 is 34.7 Å². The Hall–Kier alpha value is -2.96. The van der Waals surface area contributed by atoms with E-state index in [2.05, 4.69) is 20.2 Å². The van der Waals surface area contributed by atoms with Gasteiger partial charge in [-0.15, -0.1) is 0 Å². The minimum absolute atomic E-state index is 0.132. The third-order valence-corrected chi connectivity index (χ3v) is 5.72. The SMILES string of the molecule is CC(C)[C@@]1(C(=O)N[C@H]2CC(=O)O[C@]2(O)CF)CC(c2nccc3ccccc23)=NO1.O=P(O)(O)O. The van der Waals surface area contributed by atoms with Crippen molar-refractivity contribution in [1.29, 1.82) is 0 Å². The van der Waals surface area contributed by atoms with Crippen LogP contribution in [0.1, 0.15) is 32.4 Å². The highest BCUT2D eigenvalue weighted by molar-refractivity contribution is 7.45. The molecule has 1 aromatic heterocycles. The molecule has 4 rings (SSSR count). The van der Waals surface area contributed by atoms with Crippen molar-refractivity contribution in [2.45, 2.75) is 44.1 Å². The van der Waals surface area contributed by atoms with E-state index in [1.165, 1.54) is 0 Å². The van der Waals surface area contributed by atoms with Crippen LogP contribution in [0, 0.1) is 5.92 Å². The van der Waals surface area contributed by atoms with Gasteiger partial charge in [0.2, 0.25) is 5.60 Å². The molecule has 0 aliphatic carbocycles. The summed E-state index contributed by atoms with van der Waals surface area (Å²) in [5.74, 6) is -4.09. The number of pyridine rings is 1. The minimum Gasteiger partial charge on any atom is -0.428 e. The Morgan fingerprint density at radius 1 is 1.29 bits per heavy atom. The van der Waals surface area contributed by atoms with Gasteiger partial charge in [-0.05, 0) is 11.5 Å². The van der Waals surface area contributed by atoms with E-state index in [9.17, 15) is 19.1 Å². The normalized spacial score (nSPS) is 26.0. The van der Waals surface area contributed by atoms with Gasteiger partial charge in [0.1, 0.15) is 11.8 Å². The van der Waals surface area contributed by atoms with Gasteiger partial charge in [-0.25, -0.2) is 8.96 Å². The average molecular weight is 513 g/mol. The number of alkyl halides is 1. The molecule has 12 nitrogen and oxygen atoms in total. The maximum Gasteiger partial charge on any atom is 0.466 e. The van der Waals surface area contributed by atoms with Crippen LogP contribution in [0.25, 0.3) is 10.8 Å². The van der Waals surface area contributed by atoms with Gasteiger partial charge in [0.15, 0.2) is 6.67 Å². The van der Waals surface area contributed by atoms with E-state index in [0.29, 0.717) is 11.4 Å². The summed E-state index contributed by atoms with van der Waals surface area (Å²) >= 11 is 0. The molecule has 14 heteroatoms. The Balaban J connectivity index is 0.000000623. The first-order valence-corrected chi connectivity index (χ1v) is 12.0. The highest BCUT2D eigenvalue weighted by Crippen LogP contribution is 2.36. The van der Waals surface area contributed by atoms with Crippen molar-refractivity contribution in [2.24, 2.45) is 11.1 Å². The second-order valence-electron chi connectivity index (χ2n) is 8.43. The third kappa shape index (κ3) is 5.82. The molecule has 3 heterocycles. The number of rotatable bonds is 5. The maximum atomic E-state index is 13.3. The molecule has 0 saturated carbocycles. The van der Waals surface area contributed by atoms with E-state index >= 15 is 0 Å². The number of aromatic nitrogens is 1. The summed E-state index contributed by atoms with van der Waals surface area (Å²) in [5.41, 5.74) is -0.269. The predicted molar refractivity (Wildman–Crippen MR) is 119 cm³/mol. The summed E-state index contributed by atoms with van der Waals surface area (Å²) < 4.78 is 26.8. The maximum absolute atomic E-state index is 13.3. The highest BCUT2D eigenvalue weighted by Gasteiger charge is 2.55. The molecule has 0 bridgehead atoms. The molecular formula is C21H25FN3O9P. The highest BCUT2D eigenvalue weighted by atomic mass is 31.2. The standard InChI is InChI=1S/C21H22FN3O5.H3O4P/c1-12(2)20(19(27)24-16-9-17(26)29-21(16,28)11-22)10-15(25-30-20)18-14-6-4-3-5-13(14)7-8-23-18;1-5(2,3)4/h3-8,12,16,28H,9-11H2,1-2H3,(H,24,27);(H3,1,2,3,4)/t16-,20+,21+;/m0./s1. The van der Waals surface area contributed by atoms with Crippen LogP contribution in [0.4, 0.5) is 4.39 Å². The van der Waals surface area contributed by atoms with Gasteiger partial charge >= 0.3 is 13.8 Å². The summed E-state index contributed by atoms with van der Waals surface area (Å²) in [7, 11) is -4.64. The number of halogens is 1. The number of nitrogens with one attached hydrogen (secondary N) is 1. The van der Waals surface area contributed by atoms with E-state index < -0.39 is 43.8 Å². The number of hydrogen-bond acceptors (Lipinski definition) is 8. The van der Waals surface area contributed by atoms with E-state index in [0.717, 1.165) is 10.8 Å². The molecule has 1 fully saturated rings. The summed E-state index contributed by atoms with van der Waals surface area (Å²) in [5, 5.41) is 18.7. The largest absolute Gasteiger partial charge is 0.466 e. The monoisotopic (exact) mass is 513 g/mol. The lowest BCUT2D eigenvalue weighted by Gasteiger charge is -2.32. The Morgan fingerprint density at radius 3 is 2.57 bits per heavy atom. The van der Waals surface area contributed by atoms with Crippen molar-refractivity contribution < 1.29 is 47.9 Å². The summed E-state index contributed by atoms with van der Waals surface area (Å²) in [6.45, 7) is 2.26. The zero-order valence-corrected chi connectivity index (χ0v) is 19.7. The minimum atomic E-state index is -4.64. The Kier molecular flexibility index (Phi) is 7.58. The van der Waals surface area contributed by atoms with Crippen LogP contribution in [0.15, 0.2) is 41.7 Å². The number of phosphoric acid groups is 1. The van der Waals surface area contributed by atoms with Crippen LogP contribution in [0.2, 0.25) is 0 Å². The fraction of sp³-hybridized carbons (Fsp3) is 0.429. The average Bonchev–Trinajstić information content (AvgIpc) is 3.35. The van der Waals surface area contributed by atoms with E-state index in [4.69, 9.17) is 24.1 Å². The van der Waals surface area contributed by atoms with Crippen molar-refractivity contribution in [3.8, 4) is 0 Å². The number of cyclic esters (lactones) is 1. The molecule has 1 saturated heterocycles. The number of hydrogen-bond donors (Lipinski definition) is 5. The number of amides is 1. The third-order valence-electron chi connectivity index (χ3n) is 5.72. The van der Waals surface area contributed by atoms with Gasteiger partial charge in [0, 0.05) is 23.9 Å².